The van der Waals surface area contributed by atoms with Crippen molar-refractivity contribution in [2.24, 2.45) is 0 Å². The Balaban J connectivity index is 2.59. The SMILES string of the molecule is CC(C)N1c2ccc(C#N)cc2[C@H](C)CC1(C)C. The van der Waals surface area contributed by atoms with E-state index in [1.165, 1.54) is 11.3 Å². The summed E-state index contributed by atoms with van der Waals surface area (Å²) in [5.74, 6) is 0.512. The highest BCUT2D eigenvalue weighted by Gasteiger charge is 2.37. The van der Waals surface area contributed by atoms with E-state index < -0.39 is 0 Å². The van der Waals surface area contributed by atoms with Crippen LogP contribution in [0, 0.1) is 11.3 Å². The summed E-state index contributed by atoms with van der Waals surface area (Å²) in [6, 6.07) is 8.82. The molecule has 1 atom stereocenters. The minimum absolute atomic E-state index is 0.175. The minimum Gasteiger partial charge on any atom is -0.364 e. The Hall–Kier alpha value is -1.49. The normalized spacial score (nSPS) is 21.6. The fourth-order valence-corrected chi connectivity index (χ4v) is 3.50. The molecule has 1 aromatic rings. The molecule has 96 valence electrons. The molecule has 1 aliphatic heterocycles. The predicted octanol–water partition coefficient (Wildman–Crippen LogP) is 4.06. The van der Waals surface area contributed by atoms with Crippen molar-refractivity contribution in [1.29, 1.82) is 5.26 Å². The number of fused-ring (bicyclic) bond motifs is 1. The first-order valence-electron chi connectivity index (χ1n) is 6.70. The van der Waals surface area contributed by atoms with Crippen LogP contribution in [0.25, 0.3) is 0 Å². The Kier molecular flexibility index (Phi) is 3.11. The van der Waals surface area contributed by atoms with E-state index in [2.05, 4.69) is 57.7 Å². The molecule has 2 nitrogen and oxygen atoms in total. The number of benzene rings is 1. The zero-order valence-corrected chi connectivity index (χ0v) is 12.0. The van der Waals surface area contributed by atoms with Crippen LogP contribution in [0.4, 0.5) is 5.69 Å². The number of anilines is 1. The number of hydrogen-bond donors (Lipinski definition) is 0. The second-order valence-corrected chi connectivity index (χ2v) is 6.27. The third kappa shape index (κ3) is 1.99. The lowest BCUT2D eigenvalue weighted by Gasteiger charge is -2.50. The van der Waals surface area contributed by atoms with E-state index in [0.29, 0.717) is 12.0 Å². The van der Waals surface area contributed by atoms with Crippen LogP contribution in [0.15, 0.2) is 18.2 Å². The largest absolute Gasteiger partial charge is 0.364 e. The molecule has 0 fully saturated rings. The zero-order chi connectivity index (χ0) is 13.5. The predicted molar refractivity (Wildman–Crippen MR) is 75.9 cm³/mol. The first-order chi connectivity index (χ1) is 8.36. The van der Waals surface area contributed by atoms with Crippen LogP contribution < -0.4 is 4.90 Å². The summed E-state index contributed by atoms with van der Waals surface area (Å²) in [4.78, 5) is 2.49. The van der Waals surface area contributed by atoms with E-state index in [1.807, 2.05) is 6.07 Å². The van der Waals surface area contributed by atoms with Gasteiger partial charge in [0.25, 0.3) is 0 Å². The lowest BCUT2D eigenvalue weighted by atomic mass is 9.79. The fraction of sp³-hybridized carbons (Fsp3) is 0.562. The van der Waals surface area contributed by atoms with Gasteiger partial charge in [0, 0.05) is 17.3 Å². The van der Waals surface area contributed by atoms with Crippen molar-refractivity contribution in [2.75, 3.05) is 4.90 Å². The van der Waals surface area contributed by atoms with Gasteiger partial charge in [-0.3, -0.25) is 0 Å². The first-order valence-corrected chi connectivity index (χ1v) is 6.70. The van der Waals surface area contributed by atoms with E-state index in [-0.39, 0.29) is 5.54 Å². The van der Waals surface area contributed by atoms with Crippen LogP contribution in [0.5, 0.6) is 0 Å². The highest BCUT2D eigenvalue weighted by molar-refractivity contribution is 5.62. The minimum atomic E-state index is 0.175. The van der Waals surface area contributed by atoms with Crippen LogP contribution in [-0.4, -0.2) is 11.6 Å². The molecule has 2 heteroatoms. The van der Waals surface area contributed by atoms with Crippen LogP contribution in [0.2, 0.25) is 0 Å². The highest BCUT2D eigenvalue weighted by Crippen LogP contribution is 2.44. The van der Waals surface area contributed by atoms with Crippen molar-refractivity contribution in [2.45, 2.75) is 58.5 Å². The summed E-state index contributed by atoms with van der Waals surface area (Å²) in [6.45, 7) is 11.4. The van der Waals surface area contributed by atoms with Crippen molar-refractivity contribution < 1.29 is 0 Å². The maximum absolute atomic E-state index is 9.04. The summed E-state index contributed by atoms with van der Waals surface area (Å²) in [5.41, 5.74) is 3.56. The molecule has 0 unspecified atom stereocenters. The van der Waals surface area contributed by atoms with Gasteiger partial charge in [-0.05, 0) is 63.8 Å². The first kappa shape index (κ1) is 13.0. The molecule has 1 heterocycles. The van der Waals surface area contributed by atoms with E-state index in [4.69, 9.17) is 5.26 Å². The Labute approximate surface area is 110 Å². The Bertz CT molecular complexity index is 494. The molecule has 0 radical (unpaired) electrons. The van der Waals surface area contributed by atoms with Gasteiger partial charge >= 0.3 is 0 Å². The number of rotatable bonds is 1. The maximum atomic E-state index is 9.04. The molecule has 0 spiro atoms. The van der Waals surface area contributed by atoms with E-state index in [1.54, 1.807) is 0 Å². The summed E-state index contributed by atoms with van der Waals surface area (Å²) in [7, 11) is 0. The maximum Gasteiger partial charge on any atom is 0.0991 e. The Morgan fingerprint density at radius 1 is 1.39 bits per heavy atom. The molecule has 0 bridgehead atoms. The van der Waals surface area contributed by atoms with Crippen molar-refractivity contribution in [1.82, 2.24) is 0 Å². The van der Waals surface area contributed by atoms with Crippen LogP contribution >= 0.6 is 0 Å². The fourth-order valence-electron chi connectivity index (χ4n) is 3.50. The number of nitriles is 1. The molecule has 0 amide bonds. The zero-order valence-electron chi connectivity index (χ0n) is 12.0. The summed E-state index contributed by atoms with van der Waals surface area (Å²) in [6.07, 6.45) is 1.13. The molecule has 0 aliphatic carbocycles. The molecule has 18 heavy (non-hydrogen) atoms. The third-order valence-corrected chi connectivity index (χ3v) is 3.92. The lowest BCUT2D eigenvalue weighted by molar-refractivity contribution is 0.356. The Morgan fingerprint density at radius 2 is 2.06 bits per heavy atom. The summed E-state index contributed by atoms with van der Waals surface area (Å²) < 4.78 is 0. The molecule has 2 rings (SSSR count). The molecule has 1 aliphatic rings. The van der Waals surface area contributed by atoms with Crippen molar-refractivity contribution >= 4 is 5.69 Å². The van der Waals surface area contributed by atoms with Crippen LogP contribution in [0.1, 0.15) is 58.1 Å². The lowest BCUT2D eigenvalue weighted by Crippen LogP contribution is -2.51. The van der Waals surface area contributed by atoms with Gasteiger partial charge in [-0.1, -0.05) is 6.92 Å². The second kappa shape index (κ2) is 4.31. The quantitative estimate of drug-likeness (QED) is 0.742. The van der Waals surface area contributed by atoms with Gasteiger partial charge < -0.3 is 4.90 Å². The van der Waals surface area contributed by atoms with Gasteiger partial charge in [0.1, 0.15) is 0 Å². The number of nitrogens with zero attached hydrogens (tertiary/aromatic N) is 2. The van der Waals surface area contributed by atoms with Gasteiger partial charge in [0.15, 0.2) is 0 Å². The van der Waals surface area contributed by atoms with Gasteiger partial charge in [-0.25, -0.2) is 0 Å². The summed E-state index contributed by atoms with van der Waals surface area (Å²) in [5, 5.41) is 9.04. The molecule has 0 saturated carbocycles. The molecular formula is C16H22N2. The average Bonchev–Trinajstić information content (AvgIpc) is 2.26. The number of hydrogen-bond acceptors (Lipinski definition) is 2. The van der Waals surface area contributed by atoms with Gasteiger partial charge in [0.2, 0.25) is 0 Å². The van der Waals surface area contributed by atoms with Crippen molar-refractivity contribution in [3.8, 4) is 6.07 Å². The smallest absolute Gasteiger partial charge is 0.0991 e. The molecule has 1 aromatic carbocycles. The molecule has 0 N–H and O–H groups in total. The monoisotopic (exact) mass is 242 g/mol. The van der Waals surface area contributed by atoms with Gasteiger partial charge in [0.05, 0.1) is 11.6 Å². The van der Waals surface area contributed by atoms with E-state index in [9.17, 15) is 0 Å². The van der Waals surface area contributed by atoms with Crippen LogP contribution in [0.3, 0.4) is 0 Å². The average molecular weight is 242 g/mol. The van der Waals surface area contributed by atoms with Gasteiger partial charge in [-0.2, -0.15) is 5.26 Å². The van der Waals surface area contributed by atoms with E-state index >= 15 is 0 Å². The van der Waals surface area contributed by atoms with Crippen molar-refractivity contribution in [3.05, 3.63) is 29.3 Å². The second-order valence-electron chi connectivity index (χ2n) is 6.27. The molecular weight excluding hydrogens is 220 g/mol. The summed E-state index contributed by atoms with van der Waals surface area (Å²) >= 11 is 0. The molecule has 0 aromatic heterocycles. The van der Waals surface area contributed by atoms with E-state index in [0.717, 1.165) is 12.0 Å². The standard InChI is InChI=1S/C16H22N2/c1-11(2)18-15-7-6-13(10-17)8-14(15)12(3)9-16(18,4)5/h6-8,11-12H,9H2,1-5H3/t12-/m1/s1. The third-order valence-electron chi connectivity index (χ3n) is 3.92. The topological polar surface area (TPSA) is 27.0 Å². The highest BCUT2D eigenvalue weighted by atomic mass is 15.2. The van der Waals surface area contributed by atoms with Crippen molar-refractivity contribution in [3.63, 3.8) is 0 Å². The van der Waals surface area contributed by atoms with Crippen LogP contribution in [-0.2, 0) is 0 Å². The van der Waals surface area contributed by atoms with Gasteiger partial charge in [-0.15, -0.1) is 0 Å². The molecule has 0 saturated heterocycles. The Morgan fingerprint density at radius 3 is 2.61 bits per heavy atom.